The first-order valence-corrected chi connectivity index (χ1v) is 10.5. The van der Waals surface area contributed by atoms with Crippen LogP contribution in [0.5, 0.6) is 5.75 Å². The molecule has 0 atom stereocenters. The van der Waals surface area contributed by atoms with Crippen LogP contribution in [0.25, 0.3) is 16.9 Å². The molecule has 0 spiro atoms. The number of para-hydroxylation sites is 2. The van der Waals surface area contributed by atoms with Crippen LogP contribution in [0.15, 0.2) is 48.5 Å². The second kappa shape index (κ2) is 7.44. The lowest BCUT2D eigenvalue weighted by Gasteiger charge is -2.26. The van der Waals surface area contributed by atoms with E-state index in [1.54, 1.807) is 6.07 Å². The van der Waals surface area contributed by atoms with Crippen LogP contribution >= 0.6 is 0 Å². The third kappa shape index (κ3) is 3.10. The first-order chi connectivity index (χ1) is 15.1. The van der Waals surface area contributed by atoms with Gasteiger partial charge in [-0.1, -0.05) is 18.2 Å². The topological polar surface area (TPSA) is 78.0 Å². The number of anilines is 2. The van der Waals surface area contributed by atoms with Gasteiger partial charge in [0.15, 0.2) is 0 Å². The summed E-state index contributed by atoms with van der Waals surface area (Å²) in [4.78, 5) is 11.9. The third-order valence-electron chi connectivity index (χ3n) is 6.06. The highest BCUT2D eigenvalue weighted by molar-refractivity contribution is 5.88. The molecule has 0 aliphatic heterocycles. The smallest absolute Gasteiger partial charge is 0.236 e. The minimum absolute atomic E-state index is 0.218. The van der Waals surface area contributed by atoms with Gasteiger partial charge < -0.3 is 10.0 Å². The number of hydrogen-bond donors (Lipinski definition) is 1. The van der Waals surface area contributed by atoms with Gasteiger partial charge in [-0.05, 0) is 62.9 Å². The van der Waals surface area contributed by atoms with E-state index in [-0.39, 0.29) is 5.75 Å². The van der Waals surface area contributed by atoms with Gasteiger partial charge in [0.2, 0.25) is 5.95 Å². The Balaban J connectivity index is 1.75. The number of phenols is 1. The fraction of sp³-hybridized carbons (Fsp3) is 0.240. The number of benzene rings is 2. The van der Waals surface area contributed by atoms with Crippen molar-refractivity contribution in [2.75, 3.05) is 11.9 Å². The summed E-state index contributed by atoms with van der Waals surface area (Å²) in [5, 5.41) is 20.8. The zero-order valence-corrected chi connectivity index (χ0v) is 17.6. The largest absolute Gasteiger partial charge is 0.506 e. The van der Waals surface area contributed by atoms with Crippen molar-refractivity contribution in [2.24, 2.45) is 0 Å². The van der Waals surface area contributed by atoms with E-state index < -0.39 is 0 Å². The maximum absolute atomic E-state index is 10.4. The number of nitrogens with zero attached hydrogens (tertiary/aromatic N) is 5. The number of fused-ring (bicyclic) bond motifs is 2. The van der Waals surface area contributed by atoms with Crippen LogP contribution in [0.1, 0.15) is 35.4 Å². The number of rotatable bonds is 3. The SMILES string of the molecule is Cc1cc2c(C#N)cccc2n1-c1nc2c(c(N(C)c3ccccc3O)n1)CCCC2. The molecule has 1 aliphatic rings. The van der Waals surface area contributed by atoms with E-state index >= 15 is 0 Å². The molecule has 2 heterocycles. The van der Waals surface area contributed by atoms with Gasteiger partial charge in [0.25, 0.3) is 0 Å². The number of hydrogen-bond acceptors (Lipinski definition) is 5. The average Bonchev–Trinajstić information content (AvgIpc) is 3.14. The monoisotopic (exact) mass is 409 g/mol. The molecule has 0 saturated carbocycles. The van der Waals surface area contributed by atoms with Gasteiger partial charge in [-0.2, -0.15) is 10.2 Å². The van der Waals surface area contributed by atoms with Gasteiger partial charge in [0.05, 0.1) is 28.5 Å². The molecule has 1 aliphatic carbocycles. The highest BCUT2D eigenvalue weighted by Crippen LogP contribution is 2.36. The highest BCUT2D eigenvalue weighted by atomic mass is 16.3. The summed E-state index contributed by atoms with van der Waals surface area (Å²) >= 11 is 0. The van der Waals surface area contributed by atoms with E-state index in [0.29, 0.717) is 17.2 Å². The summed E-state index contributed by atoms with van der Waals surface area (Å²) < 4.78 is 2.02. The second-order valence-corrected chi connectivity index (χ2v) is 8.00. The molecule has 2 aromatic carbocycles. The summed E-state index contributed by atoms with van der Waals surface area (Å²) in [6.45, 7) is 2.01. The zero-order valence-electron chi connectivity index (χ0n) is 17.6. The molecule has 0 fully saturated rings. The van der Waals surface area contributed by atoms with Gasteiger partial charge in [-0.25, -0.2) is 4.98 Å². The molecule has 2 aromatic heterocycles. The lowest BCUT2D eigenvalue weighted by Crippen LogP contribution is -2.20. The second-order valence-electron chi connectivity index (χ2n) is 8.00. The van der Waals surface area contributed by atoms with Crippen molar-refractivity contribution in [3.63, 3.8) is 0 Å². The Bertz CT molecular complexity index is 1350. The zero-order chi connectivity index (χ0) is 21.5. The van der Waals surface area contributed by atoms with Gasteiger partial charge in [0, 0.05) is 23.7 Å². The number of nitriles is 1. The summed E-state index contributed by atoms with van der Waals surface area (Å²) in [5.41, 5.74) is 5.46. The van der Waals surface area contributed by atoms with Crippen molar-refractivity contribution in [1.82, 2.24) is 14.5 Å². The number of aryl methyl sites for hydroxylation is 2. The van der Waals surface area contributed by atoms with E-state index in [1.807, 2.05) is 65.9 Å². The molecule has 31 heavy (non-hydrogen) atoms. The van der Waals surface area contributed by atoms with Crippen LogP contribution in [-0.4, -0.2) is 26.7 Å². The van der Waals surface area contributed by atoms with Crippen molar-refractivity contribution >= 4 is 22.4 Å². The van der Waals surface area contributed by atoms with Crippen molar-refractivity contribution in [2.45, 2.75) is 32.6 Å². The Morgan fingerprint density at radius 3 is 2.68 bits per heavy atom. The standard InChI is InChI=1S/C25H23N5O/c1-16-14-19-17(15-26)8-7-12-21(19)30(16)25-27-20-10-4-3-9-18(20)24(28-25)29(2)22-11-5-6-13-23(22)31/h5-8,11-14,31H,3-4,9-10H2,1-2H3. The summed E-state index contributed by atoms with van der Waals surface area (Å²) in [5.74, 6) is 1.63. The maximum Gasteiger partial charge on any atom is 0.236 e. The molecule has 1 N–H and O–H groups in total. The average molecular weight is 409 g/mol. The van der Waals surface area contributed by atoms with E-state index in [0.717, 1.165) is 59.4 Å². The van der Waals surface area contributed by atoms with Crippen LogP contribution in [0.3, 0.4) is 0 Å². The van der Waals surface area contributed by atoms with Crippen molar-refractivity contribution in [1.29, 1.82) is 5.26 Å². The van der Waals surface area contributed by atoms with E-state index in [9.17, 15) is 10.4 Å². The summed E-state index contributed by atoms with van der Waals surface area (Å²) in [6.07, 6.45) is 4.04. The minimum Gasteiger partial charge on any atom is -0.506 e. The molecule has 0 amide bonds. The Kier molecular flexibility index (Phi) is 4.59. The molecule has 0 radical (unpaired) electrons. The van der Waals surface area contributed by atoms with Crippen molar-refractivity contribution in [3.8, 4) is 17.8 Å². The van der Waals surface area contributed by atoms with Crippen LogP contribution in [0.4, 0.5) is 11.5 Å². The normalized spacial score (nSPS) is 13.1. The molecule has 154 valence electrons. The minimum atomic E-state index is 0.218. The fourth-order valence-electron chi connectivity index (χ4n) is 4.53. The van der Waals surface area contributed by atoms with Crippen LogP contribution in [0.2, 0.25) is 0 Å². The van der Waals surface area contributed by atoms with Crippen LogP contribution < -0.4 is 4.90 Å². The molecule has 0 bridgehead atoms. The Hall–Kier alpha value is -3.85. The quantitative estimate of drug-likeness (QED) is 0.518. The van der Waals surface area contributed by atoms with Crippen LogP contribution in [0, 0.1) is 18.3 Å². The molecular formula is C25H23N5O. The highest BCUT2D eigenvalue weighted by Gasteiger charge is 2.23. The van der Waals surface area contributed by atoms with Crippen LogP contribution in [-0.2, 0) is 12.8 Å². The molecule has 6 nitrogen and oxygen atoms in total. The van der Waals surface area contributed by atoms with Gasteiger partial charge in [-0.3, -0.25) is 4.57 Å². The van der Waals surface area contributed by atoms with E-state index in [1.165, 1.54) is 0 Å². The van der Waals surface area contributed by atoms with E-state index in [4.69, 9.17) is 9.97 Å². The number of phenolic OH excluding ortho intramolecular Hbond substituents is 1. The lowest BCUT2D eigenvalue weighted by molar-refractivity contribution is 0.476. The lowest BCUT2D eigenvalue weighted by atomic mass is 9.96. The maximum atomic E-state index is 10.4. The first kappa shape index (κ1) is 19.1. The Morgan fingerprint density at radius 1 is 1.06 bits per heavy atom. The molecule has 4 aromatic rings. The van der Waals surface area contributed by atoms with Gasteiger partial charge in [0.1, 0.15) is 11.6 Å². The first-order valence-electron chi connectivity index (χ1n) is 10.5. The molecular weight excluding hydrogens is 386 g/mol. The third-order valence-corrected chi connectivity index (χ3v) is 6.06. The van der Waals surface area contributed by atoms with Crippen molar-refractivity contribution in [3.05, 3.63) is 71.0 Å². The predicted molar refractivity (Wildman–Crippen MR) is 121 cm³/mol. The number of aromatic nitrogens is 3. The number of aromatic hydroxyl groups is 1. The summed E-state index contributed by atoms with van der Waals surface area (Å²) in [6, 6.07) is 17.3. The van der Waals surface area contributed by atoms with Gasteiger partial charge >= 0.3 is 0 Å². The van der Waals surface area contributed by atoms with Gasteiger partial charge in [-0.15, -0.1) is 0 Å². The molecule has 5 rings (SSSR count). The van der Waals surface area contributed by atoms with E-state index in [2.05, 4.69) is 6.07 Å². The Morgan fingerprint density at radius 2 is 1.87 bits per heavy atom. The molecule has 0 unspecified atom stereocenters. The predicted octanol–water partition coefficient (Wildman–Crippen LogP) is 4.95. The fourth-order valence-corrected chi connectivity index (χ4v) is 4.53. The summed E-state index contributed by atoms with van der Waals surface area (Å²) in [7, 11) is 1.93. The molecule has 0 saturated heterocycles. The molecule has 6 heteroatoms. The van der Waals surface area contributed by atoms with Crippen molar-refractivity contribution < 1.29 is 5.11 Å². The Labute approximate surface area is 181 Å².